The van der Waals surface area contributed by atoms with E-state index in [2.05, 4.69) is 5.32 Å². The Bertz CT molecular complexity index is 701. The first-order valence-electron chi connectivity index (χ1n) is 7.19. The van der Waals surface area contributed by atoms with Crippen LogP contribution in [0.4, 0.5) is 11.4 Å². The van der Waals surface area contributed by atoms with Gasteiger partial charge in [0.15, 0.2) is 11.5 Å². The molecule has 0 unspecified atom stereocenters. The molecule has 23 heavy (non-hydrogen) atoms. The number of benzene rings is 2. The average Bonchev–Trinajstić information content (AvgIpc) is 2.55. The van der Waals surface area contributed by atoms with E-state index in [0.29, 0.717) is 35.0 Å². The zero-order valence-corrected chi connectivity index (χ0v) is 13.3. The Morgan fingerprint density at radius 3 is 2.48 bits per heavy atom. The maximum atomic E-state index is 11.5. The third kappa shape index (κ3) is 4.06. The first-order valence-corrected chi connectivity index (χ1v) is 7.19. The number of hydrogen-bond donors (Lipinski definition) is 3. The summed E-state index contributed by atoms with van der Waals surface area (Å²) in [6, 6.07) is 10.8. The molecule has 2 aromatic rings. The molecule has 0 aliphatic heterocycles. The maximum absolute atomic E-state index is 11.5. The number of hydrogen-bond acceptors (Lipinski definition) is 5. The van der Waals surface area contributed by atoms with Gasteiger partial charge in [0.05, 0.1) is 19.8 Å². The molecule has 0 atom stereocenters. The standard InChI is InChI=1S/C17H21N3O3/c1-22-15-6-3-11(9-16(15)23-2)7-8-20-14-5-4-12(18)10-13(14)17(19)21/h3-6,9-10,20H,7-8,18H2,1-2H3,(H2,19,21). The van der Waals surface area contributed by atoms with Crippen LogP contribution in [0.15, 0.2) is 36.4 Å². The summed E-state index contributed by atoms with van der Waals surface area (Å²) in [5.41, 5.74) is 13.7. The number of anilines is 2. The molecule has 0 heterocycles. The SMILES string of the molecule is COc1ccc(CCNc2ccc(N)cc2C(N)=O)cc1OC. The van der Waals surface area contributed by atoms with Crippen molar-refractivity contribution in [2.45, 2.75) is 6.42 Å². The summed E-state index contributed by atoms with van der Waals surface area (Å²) < 4.78 is 10.5. The van der Waals surface area contributed by atoms with Crippen LogP contribution < -0.4 is 26.3 Å². The first-order chi connectivity index (χ1) is 11.0. The lowest BCUT2D eigenvalue weighted by Crippen LogP contribution is -2.16. The predicted octanol–water partition coefficient (Wildman–Crippen LogP) is 2.04. The number of primary amides is 1. The number of carbonyl (C=O) groups excluding carboxylic acids is 1. The van der Waals surface area contributed by atoms with Crippen molar-refractivity contribution in [2.75, 3.05) is 31.8 Å². The van der Waals surface area contributed by atoms with Crippen LogP contribution in [0.3, 0.4) is 0 Å². The fraction of sp³-hybridized carbons (Fsp3) is 0.235. The van der Waals surface area contributed by atoms with Crippen LogP contribution in [-0.2, 0) is 6.42 Å². The summed E-state index contributed by atoms with van der Waals surface area (Å²) in [5, 5.41) is 3.21. The van der Waals surface area contributed by atoms with Gasteiger partial charge in [0.2, 0.25) is 0 Å². The quantitative estimate of drug-likeness (QED) is 0.679. The minimum Gasteiger partial charge on any atom is -0.493 e. The Morgan fingerprint density at radius 2 is 1.83 bits per heavy atom. The third-order valence-electron chi connectivity index (χ3n) is 3.49. The molecule has 0 aromatic heterocycles. The molecule has 0 fully saturated rings. The number of nitrogens with two attached hydrogens (primary N) is 2. The van der Waals surface area contributed by atoms with Crippen molar-refractivity contribution in [1.82, 2.24) is 0 Å². The van der Waals surface area contributed by atoms with Crippen molar-refractivity contribution in [2.24, 2.45) is 5.73 Å². The van der Waals surface area contributed by atoms with Gasteiger partial charge < -0.3 is 26.3 Å². The van der Waals surface area contributed by atoms with Gasteiger partial charge in [-0.25, -0.2) is 0 Å². The second-order valence-electron chi connectivity index (χ2n) is 5.04. The molecule has 2 aromatic carbocycles. The van der Waals surface area contributed by atoms with Crippen molar-refractivity contribution in [3.8, 4) is 11.5 Å². The first kappa shape index (κ1) is 16.5. The maximum Gasteiger partial charge on any atom is 0.250 e. The predicted molar refractivity (Wildman–Crippen MR) is 91.1 cm³/mol. The molecule has 122 valence electrons. The summed E-state index contributed by atoms with van der Waals surface area (Å²) in [7, 11) is 3.21. The van der Waals surface area contributed by atoms with Gasteiger partial charge in [0, 0.05) is 17.9 Å². The number of amides is 1. The zero-order chi connectivity index (χ0) is 16.8. The molecule has 5 N–H and O–H groups in total. The number of ether oxygens (including phenoxy) is 2. The van der Waals surface area contributed by atoms with Gasteiger partial charge in [0.25, 0.3) is 5.91 Å². The highest BCUT2D eigenvalue weighted by atomic mass is 16.5. The van der Waals surface area contributed by atoms with Gasteiger partial charge in [0.1, 0.15) is 0 Å². The number of rotatable bonds is 7. The van der Waals surface area contributed by atoms with Crippen molar-refractivity contribution in [3.63, 3.8) is 0 Å². The summed E-state index contributed by atoms with van der Waals surface area (Å²) in [4.78, 5) is 11.5. The van der Waals surface area contributed by atoms with Crippen LogP contribution in [-0.4, -0.2) is 26.7 Å². The molecular weight excluding hydrogens is 294 g/mol. The van der Waals surface area contributed by atoms with Crippen molar-refractivity contribution in [1.29, 1.82) is 0 Å². The number of nitrogen functional groups attached to an aromatic ring is 1. The highest BCUT2D eigenvalue weighted by molar-refractivity contribution is 5.99. The van der Waals surface area contributed by atoms with E-state index in [1.54, 1.807) is 32.4 Å². The lowest BCUT2D eigenvalue weighted by molar-refractivity contribution is 0.100. The smallest absolute Gasteiger partial charge is 0.250 e. The molecule has 0 radical (unpaired) electrons. The minimum absolute atomic E-state index is 0.386. The summed E-state index contributed by atoms with van der Waals surface area (Å²) in [6.45, 7) is 0.639. The second-order valence-corrected chi connectivity index (χ2v) is 5.04. The molecule has 6 nitrogen and oxygen atoms in total. The van der Waals surface area contributed by atoms with E-state index in [0.717, 1.165) is 12.0 Å². The Labute approximate surface area is 135 Å². The molecule has 6 heteroatoms. The zero-order valence-electron chi connectivity index (χ0n) is 13.3. The van der Waals surface area contributed by atoms with Crippen molar-refractivity contribution < 1.29 is 14.3 Å². The van der Waals surface area contributed by atoms with E-state index >= 15 is 0 Å². The number of methoxy groups -OCH3 is 2. The van der Waals surface area contributed by atoms with Crippen LogP contribution in [0.2, 0.25) is 0 Å². The molecule has 0 bridgehead atoms. The Hall–Kier alpha value is -2.89. The third-order valence-corrected chi connectivity index (χ3v) is 3.49. The molecular formula is C17H21N3O3. The summed E-state index contributed by atoms with van der Waals surface area (Å²) in [5.74, 6) is 0.875. The van der Waals surface area contributed by atoms with E-state index in [9.17, 15) is 4.79 Å². The number of carbonyl (C=O) groups is 1. The van der Waals surface area contributed by atoms with Crippen LogP contribution in [0.5, 0.6) is 11.5 Å². The monoisotopic (exact) mass is 315 g/mol. The number of nitrogens with one attached hydrogen (secondary N) is 1. The van der Waals surface area contributed by atoms with E-state index in [1.165, 1.54) is 0 Å². The lowest BCUT2D eigenvalue weighted by Gasteiger charge is -2.12. The summed E-state index contributed by atoms with van der Waals surface area (Å²) in [6.07, 6.45) is 0.753. The van der Waals surface area contributed by atoms with E-state index < -0.39 is 5.91 Å². The molecule has 2 rings (SSSR count). The molecule has 0 saturated carbocycles. The highest BCUT2D eigenvalue weighted by Gasteiger charge is 2.09. The minimum atomic E-state index is -0.508. The second kappa shape index (κ2) is 7.40. The van der Waals surface area contributed by atoms with E-state index in [4.69, 9.17) is 20.9 Å². The van der Waals surface area contributed by atoms with E-state index in [-0.39, 0.29) is 0 Å². The topological polar surface area (TPSA) is 99.6 Å². The fourth-order valence-corrected chi connectivity index (χ4v) is 2.30. The van der Waals surface area contributed by atoms with Crippen LogP contribution in [0.1, 0.15) is 15.9 Å². The van der Waals surface area contributed by atoms with Crippen molar-refractivity contribution in [3.05, 3.63) is 47.5 Å². The van der Waals surface area contributed by atoms with Crippen LogP contribution in [0, 0.1) is 0 Å². The van der Waals surface area contributed by atoms with Crippen LogP contribution in [0.25, 0.3) is 0 Å². The molecule has 1 amide bonds. The molecule has 0 saturated heterocycles. The Morgan fingerprint density at radius 1 is 1.09 bits per heavy atom. The van der Waals surface area contributed by atoms with Crippen LogP contribution >= 0.6 is 0 Å². The molecule has 0 aliphatic rings. The van der Waals surface area contributed by atoms with Gasteiger partial charge in [-0.2, -0.15) is 0 Å². The largest absolute Gasteiger partial charge is 0.493 e. The van der Waals surface area contributed by atoms with Gasteiger partial charge in [-0.1, -0.05) is 6.07 Å². The Kier molecular flexibility index (Phi) is 5.30. The fourth-order valence-electron chi connectivity index (χ4n) is 2.30. The van der Waals surface area contributed by atoms with Gasteiger partial charge in [-0.15, -0.1) is 0 Å². The van der Waals surface area contributed by atoms with Gasteiger partial charge in [-0.3, -0.25) is 4.79 Å². The molecule has 0 spiro atoms. The molecule has 0 aliphatic carbocycles. The Balaban J connectivity index is 2.04. The van der Waals surface area contributed by atoms with Crippen molar-refractivity contribution >= 4 is 17.3 Å². The summed E-state index contributed by atoms with van der Waals surface area (Å²) >= 11 is 0. The average molecular weight is 315 g/mol. The van der Waals surface area contributed by atoms with Gasteiger partial charge >= 0.3 is 0 Å². The highest BCUT2D eigenvalue weighted by Crippen LogP contribution is 2.27. The normalized spacial score (nSPS) is 10.2. The van der Waals surface area contributed by atoms with E-state index in [1.807, 2.05) is 18.2 Å². The van der Waals surface area contributed by atoms with Gasteiger partial charge in [-0.05, 0) is 42.3 Å². The lowest BCUT2D eigenvalue weighted by atomic mass is 10.1.